The number of likely N-dealkylation sites (tertiary alicyclic amines) is 1. The molecular formula is C18H30N2O. The number of hydrogen-bond donors (Lipinski definition) is 1. The number of hydrogen-bond acceptors (Lipinski definition) is 3. The Balaban J connectivity index is 1.77. The van der Waals surface area contributed by atoms with Crippen molar-refractivity contribution >= 4 is 0 Å². The molecule has 1 fully saturated rings. The van der Waals surface area contributed by atoms with Crippen LogP contribution in [0.4, 0.5) is 0 Å². The fourth-order valence-corrected chi connectivity index (χ4v) is 2.86. The third-order valence-electron chi connectivity index (χ3n) is 4.03. The Hall–Kier alpha value is -1.06. The third-order valence-corrected chi connectivity index (χ3v) is 4.03. The Bertz CT molecular complexity index is 414. The molecule has 21 heavy (non-hydrogen) atoms. The van der Waals surface area contributed by atoms with Gasteiger partial charge in [0.05, 0.1) is 6.61 Å². The van der Waals surface area contributed by atoms with Crippen LogP contribution in [0.25, 0.3) is 0 Å². The van der Waals surface area contributed by atoms with E-state index in [0.29, 0.717) is 0 Å². The maximum atomic E-state index is 6.02. The minimum Gasteiger partial charge on any atom is -0.493 e. The molecular weight excluding hydrogens is 260 g/mol. The molecule has 1 N–H and O–H groups in total. The normalized spacial score (nSPS) is 15.5. The molecule has 1 aliphatic rings. The zero-order valence-corrected chi connectivity index (χ0v) is 13.7. The van der Waals surface area contributed by atoms with E-state index in [4.69, 9.17) is 4.74 Å². The minimum atomic E-state index is 0.820. The second-order valence-electron chi connectivity index (χ2n) is 6.04. The van der Waals surface area contributed by atoms with Crippen LogP contribution < -0.4 is 10.1 Å². The highest BCUT2D eigenvalue weighted by Crippen LogP contribution is 2.20. The van der Waals surface area contributed by atoms with Crippen molar-refractivity contribution in [3.05, 3.63) is 29.3 Å². The van der Waals surface area contributed by atoms with Crippen molar-refractivity contribution in [3.8, 4) is 5.75 Å². The summed E-state index contributed by atoms with van der Waals surface area (Å²) in [5.74, 6) is 1.05. The molecule has 0 aromatic heterocycles. The van der Waals surface area contributed by atoms with Crippen LogP contribution in [-0.2, 0) is 6.54 Å². The van der Waals surface area contributed by atoms with E-state index < -0.39 is 0 Å². The standard InChI is InChI=1S/C18H30N2O/c1-3-9-19-15-17-14-16(2)7-8-18(17)21-13-6-12-20-10-4-5-11-20/h7-8,14,19H,3-6,9-13,15H2,1-2H3. The highest BCUT2D eigenvalue weighted by molar-refractivity contribution is 5.36. The van der Waals surface area contributed by atoms with E-state index in [1.54, 1.807) is 0 Å². The summed E-state index contributed by atoms with van der Waals surface area (Å²) in [5.41, 5.74) is 2.58. The summed E-state index contributed by atoms with van der Waals surface area (Å²) in [6.07, 6.45) is 5.02. The average molecular weight is 290 g/mol. The predicted octanol–water partition coefficient (Wildman–Crippen LogP) is 3.36. The quantitative estimate of drug-likeness (QED) is 0.706. The molecule has 0 unspecified atom stereocenters. The first-order valence-electron chi connectivity index (χ1n) is 8.45. The van der Waals surface area contributed by atoms with Crippen molar-refractivity contribution in [2.24, 2.45) is 0 Å². The van der Waals surface area contributed by atoms with Gasteiger partial charge in [-0.15, -0.1) is 0 Å². The highest BCUT2D eigenvalue weighted by Gasteiger charge is 2.10. The van der Waals surface area contributed by atoms with Gasteiger partial charge in [0.25, 0.3) is 0 Å². The second kappa shape index (κ2) is 9.06. The van der Waals surface area contributed by atoms with Crippen molar-refractivity contribution < 1.29 is 4.74 Å². The lowest BCUT2D eigenvalue weighted by atomic mass is 10.1. The fourth-order valence-electron chi connectivity index (χ4n) is 2.86. The van der Waals surface area contributed by atoms with E-state index in [1.807, 2.05) is 0 Å². The molecule has 0 amide bonds. The van der Waals surface area contributed by atoms with Crippen LogP contribution in [0, 0.1) is 6.92 Å². The largest absolute Gasteiger partial charge is 0.493 e. The number of nitrogens with one attached hydrogen (secondary N) is 1. The van der Waals surface area contributed by atoms with Crippen molar-refractivity contribution in [3.63, 3.8) is 0 Å². The Morgan fingerprint density at radius 3 is 2.81 bits per heavy atom. The van der Waals surface area contributed by atoms with E-state index in [9.17, 15) is 0 Å². The van der Waals surface area contributed by atoms with Crippen molar-refractivity contribution in [1.82, 2.24) is 10.2 Å². The lowest BCUT2D eigenvalue weighted by Crippen LogP contribution is -2.22. The number of nitrogens with zero attached hydrogens (tertiary/aromatic N) is 1. The third kappa shape index (κ3) is 5.68. The van der Waals surface area contributed by atoms with Gasteiger partial charge >= 0.3 is 0 Å². The van der Waals surface area contributed by atoms with Gasteiger partial charge in [-0.1, -0.05) is 24.6 Å². The maximum absolute atomic E-state index is 6.02. The first kappa shape index (κ1) is 16.3. The summed E-state index contributed by atoms with van der Waals surface area (Å²) in [7, 11) is 0. The molecule has 118 valence electrons. The summed E-state index contributed by atoms with van der Waals surface area (Å²) in [6, 6.07) is 6.49. The Labute approximate surface area is 129 Å². The number of aryl methyl sites for hydroxylation is 1. The van der Waals surface area contributed by atoms with E-state index >= 15 is 0 Å². The van der Waals surface area contributed by atoms with E-state index in [-0.39, 0.29) is 0 Å². The molecule has 0 radical (unpaired) electrons. The summed E-state index contributed by atoms with van der Waals surface area (Å²) in [4.78, 5) is 2.54. The van der Waals surface area contributed by atoms with Gasteiger partial charge in [0.15, 0.2) is 0 Å². The second-order valence-corrected chi connectivity index (χ2v) is 6.04. The van der Waals surface area contributed by atoms with Crippen molar-refractivity contribution in [1.29, 1.82) is 0 Å². The van der Waals surface area contributed by atoms with Gasteiger partial charge in [-0.3, -0.25) is 0 Å². The zero-order valence-electron chi connectivity index (χ0n) is 13.7. The van der Waals surface area contributed by atoms with Gasteiger partial charge in [0, 0.05) is 18.7 Å². The van der Waals surface area contributed by atoms with E-state index in [1.165, 1.54) is 43.6 Å². The van der Waals surface area contributed by atoms with Gasteiger partial charge in [0.2, 0.25) is 0 Å². The first-order chi connectivity index (χ1) is 10.3. The van der Waals surface area contributed by atoms with Crippen LogP contribution in [0.3, 0.4) is 0 Å². The molecule has 2 rings (SSSR count). The molecule has 0 bridgehead atoms. The molecule has 1 aromatic rings. The molecule has 1 aromatic carbocycles. The molecule has 3 heteroatoms. The molecule has 0 spiro atoms. The van der Waals surface area contributed by atoms with Crippen LogP contribution in [0.2, 0.25) is 0 Å². The average Bonchev–Trinajstić information content (AvgIpc) is 2.99. The Morgan fingerprint density at radius 1 is 1.24 bits per heavy atom. The lowest BCUT2D eigenvalue weighted by molar-refractivity contribution is 0.261. The van der Waals surface area contributed by atoms with E-state index in [0.717, 1.165) is 38.3 Å². The predicted molar refractivity (Wildman–Crippen MR) is 89.0 cm³/mol. The molecule has 0 atom stereocenters. The molecule has 3 nitrogen and oxygen atoms in total. The van der Waals surface area contributed by atoms with Crippen molar-refractivity contribution in [2.45, 2.75) is 46.1 Å². The first-order valence-corrected chi connectivity index (χ1v) is 8.45. The van der Waals surface area contributed by atoms with Crippen molar-refractivity contribution in [2.75, 3.05) is 32.8 Å². The monoisotopic (exact) mass is 290 g/mol. The molecule has 1 aliphatic heterocycles. The summed E-state index contributed by atoms with van der Waals surface area (Å²) < 4.78 is 6.02. The highest BCUT2D eigenvalue weighted by atomic mass is 16.5. The van der Waals surface area contributed by atoms with Crippen LogP contribution in [0.5, 0.6) is 5.75 Å². The maximum Gasteiger partial charge on any atom is 0.123 e. The van der Waals surface area contributed by atoms with Crippen LogP contribution in [0.15, 0.2) is 18.2 Å². The molecule has 0 aliphatic carbocycles. The lowest BCUT2D eigenvalue weighted by Gasteiger charge is -2.16. The zero-order chi connectivity index (χ0) is 14.9. The number of ether oxygens (including phenoxy) is 1. The van der Waals surface area contributed by atoms with Gasteiger partial charge in [-0.2, -0.15) is 0 Å². The number of rotatable bonds is 9. The topological polar surface area (TPSA) is 24.5 Å². The van der Waals surface area contributed by atoms with Crippen LogP contribution in [0.1, 0.15) is 43.7 Å². The molecule has 0 saturated carbocycles. The van der Waals surface area contributed by atoms with Gasteiger partial charge < -0.3 is 15.0 Å². The fraction of sp³-hybridized carbons (Fsp3) is 0.667. The SMILES string of the molecule is CCCNCc1cc(C)ccc1OCCCN1CCCC1. The smallest absolute Gasteiger partial charge is 0.123 e. The molecule has 1 saturated heterocycles. The Morgan fingerprint density at radius 2 is 2.05 bits per heavy atom. The summed E-state index contributed by atoms with van der Waals surface area (Å²) >= 11 is 0. The van der Waals surface area contributed by atoms with Gasteiger partial charge in [0.1, 0.15) is 5.75 Å². The van der Waals surface area contributed by atoms with Crippen LogP contribution in [-0.4, -0.2) is 37.7 Å². The van der Waals surface area contributed by atoms with Gasteiger partial charge in [-0.25, -0.2) is 0 Å². The van der Waals surface area contributed by atoms with Crippen LogP contribution >= 0.6 is 0 Å². The summed E-state index contributed by atoms with van der Waals surface area (Å²) in [5, 5.41) is 3.47. The molecule has 1 heterocycles. The summed E-state index contributed by atoms with van der Waals surface area (Å²) in [6.45, 7) is 10.8. The van der Waals surface area contributed by atoms with E-state index in [2.05, 4.69) is 42.3 Å². The number of benzene rings is 1. The minimum absolute atomic E-state index is 0.820. The van der Waals surface area contributed by atoms with Gasteiger partial charge in [-0.05, 0) is 58.3 Å². The Kier molecular flexibility index (Phi) is 7.04.